The maximum atomic E-state index is 11.4. The highest BCUT2D eigenvalue weighted by molar-refractivity contribution is 7.12. The van der Waals surface area contributed by atoms with Crippen LogP contribution in [0.25, 0.3) is 0 Å². The third kappa shape index (κ3) is 2.02. The van der Waals surface area contributed by atoms with E-state index >= 15 is 0 Å². The molecule has 0 spiro atoms. The van der Waals surface area contributed by atoms with Crippen LogP contribution in [0.2, 0.25) is 0 Å². The number of carboxylic acid groups (broad SMARTS) is 1. The molecule has 4 nitrogen and oxygen atoms in total. The predicted octanol–water partition coefficient (Wildman–Crippen LogP) is 1.90. The summed E-state index contributed by atoms with van der Waals surface area (Å²) in [5.41, 5.74) is -0.587. The average molecular weight is 228 g/mol. The molecule has 82 valence electrons. The Bertz CT molecular complexity index is 392. The van der Waals surface area contributed by atoms with E-state index in [-0.39, 0.29) is 0 Å². The van der Waals surface area contributed by atoms with Gasteiger partial charge in [0, 0.05) is 0 Å². The van der Waals surface area contributed by atoms with Gasteiger partial charge in [0.25, 0.3) is 0 Å². The second-order valence-corrected chi connectivity index (χ2v) is 4.50. The van der Waals surface area contributed by atoms with Crippen LogP contribution in [0, 0.1) is 0 Å². The molecule has 0 bridgehead atoms. The van der Waals surface area contributed by atoms with Crippen LogP contribution in [0.15, 0.2) is 11.4 Å². The normalized spacial score (nSPS) is 11.1. The first kappa shape index (κ1) is 11.7. The van der Waals surface area contributed by atoms with E-state index in [0.717, 1.165) is 0 Å². The fraction of sp³-hybridized carbons (Fsp3) is 0.400. The Morgan fingerprint density at radius 1 is 1.47 bits per heavy atom. The van der Waals surface area contributed by atoms with Crippen molar-refractivity contribution in [1.82, 2.24) is 0 Å². The molecule has 0 unspecified atom stereocenters. The van der Waals surface area contributed by atoms with Crippen molar-refractivity contribution in [3.8, 4) is 0 Å². The number of thiophene rings is 1. The Morgan fingerprint density at radius 3 is 2.53 bits per heavy atom. The maximum Gasteiger partial charge on any atom is 0.348 e. The summed E-state index contributed by atoms with van der Waals surface area (Å²) in [6, 6.07) is 1.64. The predicted molar refractivity (Wildman–Crippen MR) is 56.3 cm³/mol. The minimum absolute atomic E-state index is 0.352. The Kier molecular flexibility index (Phi) is 3.14. The summed E-state index contributed by atoms with van der Waals surface area (Å²) >= 11 is 1.19. The number of ether oxygens (including phenoxy) is 1. The number of methoxy groups -OCH3 is 1. The molecule has 0 saturated carbocycles. The first-order chi connectivity index (χ1) is 6.91. The highest BCUT2D eigenvalue weighted by Crippen LogP contribution is 2.30. The zero-order valence-electron chi connectivity index (χ0n) is 8.73. The van der Waals surface area contributed by atoms with Crippen LogP contribution in [0.4, 0.5) is 0 Å². The summed E-state index contributed by atoms with van der Waals surface area (Å²) in [5, 5.41) is 10.7. The number of rotatable bonds is 3. The number of carbonyl (C=O) groups is 2. The van der Waals surface area contributed by atoms with Gasteiger partial charge in [-0.1, -0.05) is 0 Å². The van der Waals surface area contributed by atoms with Gasteiger partial charge < -0.3 is 9.84 Å². The molecule has 1 aromatic heterocycles. The fourth-order valence-electron chi connectivity index (χ4n) is 1.17. The Balaban J connectivity index is 3.21. The number of hydrogen-bond donors (Lipinski definition) is 1. The van der Waals surface area contributed by atoms with Crippen LogP contribution < -0.4 is 0 Å². The summed E-state index contributed by atoms with van der Waals surface area (Å²) < 4.78 is 4.59. The van der Waals surface area contributed by atoms with Gasteiger partial charge in [0.15, 0.2) is 0 Å². The van der Waals surface area contributed by atoms with Crippen LogP contribution in [0.5, 0.6) is 0 Å². The van der Waals surface area contributed by atoms with Gasteiger partial charge in [-0.2, -0.15) is 0 Å². The van der Waals surface area contributed by atoms with Crippen molar-refractivity contribution in [3.63, 3.8) is 0 Å². The summed E-state index contributed by atoms with van der Waals surface area (Å²) in [6.07, 6.45) is 0. The largest absolute Gasteiger partial charge is 0.481 e. The van der Waals surface area contributed by atoms with Crippen molar-refractivity contribution in [3.05, 3.63) is 21.9 Å². The van der Waals surface area contributed by atoms with Crippen molar-refractivity contribution in [1.29, 1.82) is 0 Å². The van der Waals surface area contributed by atoms with Crippen LogP contribution >= 0.6 is 11.3 Å². The summed E-state index contributed by atoms with van der Waals surface area (Å²) in [7, 11) is 1.28. The smallest absolute Gasteiger partial charge is 0.348 e. The first-order valence-electron chi connectivity index (χ1n) is 4.31. The van der Waals surface area contributed by atoms with E-state index in [2.05, 4.69) is 4.74 Å². The fourth-order valence-corrected chi connectivity index (χ4v) is 2.14. The van der Waals surface area contributed by atoms with Gasteiger partial charge in [0.2, 0.25) is 0 Å². The van der Waals surface area contributed by atoms with Gasteiger partial charge in [-0.3, -0.25) is 4.79 Å². The second kappa shape index (κ2) is 4.02. The van der Waals surface area contributed by atoms with Crippen LogP contribution in [-0.4, -0.2) is 24.2 Å². The zero-order chi connectivity index (χ0) is 11.6. The molecule has 0 aliphatic carbocycles. The molecule has 1 N–H and O–H groups in total. The van der Waals surface area contributed by atoms with E-state index in [1.54, 1.807) is 25.3 Å². The zero-order valence-corrected chi connectivity index (χ0v) is 9.55. The van der Waals surface area contributed by atoms with Crippen molar-refractivity contribution in [2.45, 2.75) is 19.3 Å². The minimum Gasteiger partial charge on any atom is -0.481 e. The average Bonchev–Trinajstić information content (AvgIpc) is 2.65. The Hall–Kier alpha value is -1.36. The third-order valence-corrected chi connectivity index (χ3v) is 3.14. The van der Waals surface area contributed by atoms with Crippen LogP contribution in [-0.2, 0) is 14.9 Å². The lowest BCUT2D eigenvalue weighted by Crippen LogP contribution is -2.29. The van der Waals surface area contributed by atoms with Crippen molar-refractivity contribution < 1.29 is 19.4 Å². The SMILES string of the molecule is COC(=O)c1sccc1C(C)(C)C(=O)O. The molecule has 1 rings (SSSR count). The van der Waals surface area contributed by atoms with Crippen LogP contribution in [0.3, 0.4) is 0 Å². The molecule has 0 aliphatic rings. The molecule has 1 aromatic rings. The lowest BCUT2D eigenvalue weighted by molar-refractivity contribution is -0.142. The van der Waals surface area contributed by atoms with E-state index in [0.29, 0.717) is 10.4 Å². The highest BCUT2D eigenvalue weighted by Gasteiger charge is 2.34. The van der Waals surface area contributed by atoms with Gasteiger partial charge >= 0.3 is 11.9 Å². The number of hydrogen-bond acceptors (Lipinski definition) is 4. The molecule has 1 heterocycles. The molecule has 15 heavy (non-hydrogen) atoms. The number of aliphatic carboxylic acids is 1. The standard InChI is InChI=1S/C10H12O4S/c1-10(2,9(12)13)6-4-5-15-7(6)8(11)14-3/h4-5H,1-3H3,(H,12,13). The number of esters is 1. The van der Waals surface area contributed by atoms with Gasteiger partial charge in [-0.05, 0) is 30.9 Å². The summed E-state index contributed by atoms with van der Waals surface area (Å²) in [5.74, 6) is -1.46. The lowest BCUT2D eigenvalue weighted by Gasteiger charge is -2.19. The second-order valence-electron chi connectivity index (χ2n) is 3.59. The molecule has 0 saturated heterocycles. The van der Waals surface area contributed by atoms with Crippen LogP contribution in [0.1, 0.15) is 29.1 Å². The maximum absolute atomic E-state index is 11.4. The first-order valence-corrected chi connectivity index (χ1v) is 5.19. The lowest BCUT2D eigenvalue weighted by atomic mass is 9.85. The van der Waals surface area contributed by atoms with Crippen molar-refractivity contribution in [2.75, 3.05) is 7.11 Å². The van der Waals surface area contributed by atoms with Gasteiger partial charge in [-0.15, -0.1) is 11.3 Å². The Labute approximate surface area is 91.5 Å². The number of carbonyl (C=O) groups excluding carboxylic acids is 1. The molecule has 0 aromatic carbocycles. The Morgan fingerprint density at radius 2 is 2.07 bits per heavy atom. The summed E-state index contributed by atoms with van der Waals surface area (Å²) in [6.45, 7) is 3.12. The monoisotopic (exact) mass is 228 g/mol. The van der Waals surface area contributed by atoms with E-state index < -0.39 is 17.4 Å². The van der Waals surface area contributed by atoms with Gasteiger partial charge in [0.05, 0.1) is 12.5 Å². The van der Waals surface area contributed by atoms with Gasteiger partial charge in [0.1, 0.15) is 4.88 Å². The summed E-state index contributed by atoms with van der Waals surface area (Å²) in [4.78, 5) is 22.7. The van der Waals surface area contributed by atoms with Crippen molar-refractivity contribution >= 4 is 23.3 Å². The molecule has 0 radical (unpaired) electrons. The molecular weight excluding hydrogens is 216 g/mol. The molecule has 0 aliphatic heterocycles. The van der Waals surface area contributed by atoms with Gasteiger partial charge in [-0.25, -0.2) is 4.79 Å². The quantitative estimate of drug-likeness (QED) is 0.802. The van der Waals surface area contributed by atoms with Crippen molar-refractivity contribution in [2.24, 2.45) is 0 Å². The van der Waals surface area contributed by atoms with E-state index in [4.69, 9.17) is 5.11 Å². The highest BCUT2D eigenvalue weighted by atomic mass is 32.1. The number of carboxylic acids is 1. The minimum atomic E-state index is -1.08. The molecule has 0 fully saturated rings. The van der Waals surface area contributed by atoms with E-state index in [9.17, 15) is 9.59 Å². The molecular formula is C10H12O4S. The van der Waals surface area contributed by atoms with E-state index in [1.165, 1.54) is 18.4 Å². The molecule has 0 amide bonds. The topological polar surface area (TPSA) is 63.6 Å². The molecule has 0 atom stereocenters. The molecule has 5 heteroatoms. The third-order valence-electron chi connectivity index (χ3n) is 2.24. The van der Waals surface area contributed by atoms with E-state index in [1.807, 2.05) is 0 Å².